The first-order valence-corrected chi connectivity index (χ1v) is 11.3. The van der Waals surface area contributed by atoms with Crippen LogP contribution in [0.5, 0.6) is 0 Å². The van der Waals surface area contributed by atoms with E-state index in [9.17, 15) is 4.79 Å². The van der Waals surface area contributed by atoms with Crippen molar-refractivity contribution >= 4 is 17.7 Å². The minimum absolute atomic E-state index is 0.0150. The van der Waals surface area contributed by atoms with Gasteiger partial charge in [0.2, 0.25) is 5.91 Å². The molecule has 3 aromatic carbocycles. The normalized spacial score (nSPS) is 11.7. The molecule has 5 heteroatoms. The molecule has 0 aliphatic carbocycles. The van der Waals surface area contributed by atoms with Crippen molar-refractivity contribution in [2.45, 2.75) is 23.1 Å². The lowest BCUT2D eigenvalue weighted by Crippen LogP contribution is -2.30. The Morgan fingerprint density at radius 2 is 1.55 bits per heavy atom. The van der Waals surface area contributed by atoms with Crippen molar-refractivity contribution in [1.29, 1.82) is 0 Å². The zero-order valence-corrected chi connectivity index (χ0v) is 18.0. The summed E-state index contributed by atoms with van der Waals surface area (Å²) in [7, 11) is 0. The van der Waals surface area contributed by atoms with E-state index < -0.39 is 0 Å². The average Bonchev–Trinajstić information content (AvgIpc) is 3.26. The zero-order valence-electron chi connectivity index (χ0n) is 17.2. The molecule has 0 aliphatic heterocycles. The van der Waals surface area contributed by atoms with E-state index in [2.05, 4.69) is 27.0 Å². The van der Waals surface area contributed by atoms with Crippen molar-refractivity contribution in [3.63, 3.8) is 0 Å². The van der Waals surface area contributed by atoms with Crippen molar-refractivity contribution in [1.82, 2.24) is 14.9 Å². The molecule has 1 heterocycles. The number of benzene rings is 3. The molecule has 0 fully saturated rings. The maximum absolute atomic E-state index is 13.1. The van der Waals surface area contributed by atoms with E-state index in [1.54, 1.807) is 11.8 Å². The SMILES string of the molecule is O=C(NCCc1nccn1Cc1ccccc1)C(Sc1ccccc1)c1ccccc1. The molecule has 1 N–H and O–H groups in total. The summed E-state index contributed by atoms with van der Waals surface area (Å²) in [4.78, 5) is 18.7. The van der Waals surface area contributed by atoms with Crippen LogP contribution in [0.1, 0.15) is 22.2 Å². The van der Waals surface area contributed by atoms with Crippen molar-refractivity contribution < 1.29 is 4.79 Å². The highest BCUT2D eigenvalue weighted by atomic mass is 32.2. The number of hydrogen-bond acceptors (Lipinski definition) is 3. The van der Waals surface area contributed by atoms with Crippen molar-refractivity contribution in [2.75, 3.05) is 6.54 Å². The van der Waals surface area contributed by atoms with Gasteiger partial charge in [0.25, 0.3) is 0 Å². The molecule has 1 atom stereocenters. The third-order valence-electron chi connectivity index (χ3n) is 4.98. The Balaban J connectivity index is 1.39. The molecule has 1 unspecified atom stereocenters. The number of rotatable bonds is 9. The lowest BCUT2D eigenvalue weighted by molar-refractivity contribution is -0.120. The molecule has 4 nitrogen and oxygen atoms in total. The number of nitrogens with one attached hydrogen (secondary N) is 1. The van der Waals surface area contributed by atoms with Gasteiger partial charge in [-0.3, -0.25) is 4.79 Å². The van der Waals surface area contributed by atoms with Gasteiger partial charge in [-0.05, 0) is 23.3 Å². The number of hydrogen-bond donors (Lipinski definition) is 1. The number of carbonyl (C=O) groups is 1. The maximum Gasteiger partial charge on any atom is 0.238 e. The predicted molar refractivity (Wildman–Crippen MR) is 126 cm³/mol. The van der Waals surface area contributed by atoms with Crippen LogP contribution in [0.3, 0.4) is 0 Å². The van der Waals surface area contributed by atoms with Crippen LogP contribution in [0.15, 0.2) is 108 Å². The highest BCUT2D eigenvalue weighted by molar-refractivity contribution is 8.00. The molecule has 4 rings (SSSR count). The zero-order chi connectivity index (χ0) is 21.3. The average molecular weight is 428 g/mol. The quantitative estimate of drug-likeness (QED) is 0.377. The van der Waals surface area contributed by atoms with Crippen molar-refractivity contribution in [2.24, 2.45) is 0 Å². The predicted octanol–water partition coefficient (Wildman–Crippen LogP) is 5.12. The van der Waals surface area contributed by atoms with Crippen LogP contribution in [0.2, 0.25) is 0 Å². The summed E-state index contributed by atoms with van der Waals surface area (Å²) in [6.07, 6.45) is 4.49. The maximum atomic E-state index is 13.1. The number of aromatic nitrogens is 2. The standard InChI is InChI=1S/C26H25N3OS/c30-26(25(22-12-6-2-7-13-22)31-23-14-8-3-9-15-23)28-17-16-24-27-18-19-29(24)20-21-10-4-1-5-11-21/h1-15,18-19,25H,16-17,20H2,(H,28,30). The van der Waals surface area contributed by atoms with E-state index >= 15 is 0 Å². The minimum Gasteiger partial charge on any atom is -0.354 e. The first-order chi connectivity index (χ1) is 15.3. The molecule has 4 aromatic rings. The van der Waals surface area contributed by atoms with Crippen LogP contribution in [-0.2, 0) is 17.8 Å². The van der Waals surface area contributed by atoms with Gasteiger partial charge < -0.3 is 9.88 Å². The molecule has 1 amide bonds. The molecular weight excluding hydrogens is 402 g/mol. The van der Waals surface area contributed by atoms with Gasteiger partial charge in [-0.15, -0.1) is 11.8 Å². The molecule has 1 aromatic heterocycles. The third-order valence-corrected chi connectivity index (χ3v) is 6.25. The summed E-state index contributed by atoms with van der Waals surface area (Å²) < 4.78 is 2.13. The highest BCUT2D eigenvalue weighted by Gasteiger charge is 2.21. The summed E-state index contributed by atoms with van der Waals surface area (Å²) >= 11 is 1.57. The second-order valence-corrected chi connectivity index (χ2v) is 8.40. The Hall–Kier alpha value is -3.31. The van der Waals surface area contributed by atoms with Crippen molar-refractivity contribution in [3.8, 4) is 0 Å². The van der Waals surface area contributed by atoms with Crippen LogP contribution in [0.4, 0.5) is 0 Å². The Morgan fingerprint density at radius 3 is 2.26 bits per heavy atom. The number of nitrogens with zero attached hydrogens (tertiary/aromatic N) is 2. The first kappa shape index (κ1) is 20.9. The van der Waals surface area contributed by atoms with E-state index in [1.165, 1.54) is 5.56 Å². The molecule has 0 saturated carbocycles. The number of imidazole rings is 1. The smallest absolute Gasteiger partial charge is 0.238 e. The summed E-state index contributed by atoms with van der Waals surface area (Å²) in [5, 5.41) is 2.82. The Morgan fingerprint density at radius 1 is 0.903 bits per heavy atom. The second-order valence-electron chi connectivity index (χ2n) is 7.22. The molecule has 0 saturated heterocycles. The Kier molecular flexibility index (Phi) is 7.19. The van der Waals surface area contributed by atoms with Gasteiger partial charge in [-0.1, -0.05) is 78.9 Å². The monoisotopic (exact) mass is 427 g/mol. The lowest BCUT2D eigenvalue weighted by atomic mass is 10.1. The van der Waals surface area contributed by atoms with Crippen LogP contribution in [-0.4, -0.2) is 22.0 Å². The highest BCUT2D eigenvalue weighted by Crippen LogP contribution is 2.35. The van der Waals surface area contributed by atoms with Crippen LogP contribution >= 0.6 is 11.8 Å². The summed E-state index contributed by atoms with van der Waals surface area (Å²) in [5.41, 5.74) is 2.23. The molecule has 0 spiro atoms. The second kappa shape index (κ2) is 10.6. The van der Waals surface area contributed by atoms with Crippen molar-refractivity contribution in [3.05, 3.63) is 120 Å². The van der Waals surface area contributed by atoms with Gasteiger partial charge in [0.1, 0.15) is 11.1 Å². The molecule has 31 heavy (non-hydrogen) atoms. The number of carbonyl (C=O) groups excluding carboxylic acids is 1. The third kappa shape index (κ3) is 5.86. The fourth-order valence-electron chi connectivity index (χ4n) is 3.42. The Bertz CT molecular complexity index is 1080. The lowest BCUT2D eigenvalue weighted by Gasteiger charge is -2.17. The Labute approximate surface area is 187 Å². The summed E-state index contributed by atoms with van der Waals surface area (Å²) in [6.45, 7) is 1.32. The van der Waals surface area contributed by atoms with Crippen LogP contribution < -0.4 is 5.32 Å². The number of amides is 1. The van der Waals surface area contributed by atoms with Gasteiger partial charge in [0.15, 0.2) is 0 Å². The molecule has 0 radical (unpaired) electrons. The fourth-order valence-corrected chi connectivity index (χ4v) is 4.49. The van der Waals surface area contributed by atoms with Crippen LogP contribution in [0, 0.1) is 0 Å². The molecule has 156 valence electrons. The van der Waals surface area contributed by atoms with Crippen LogP contribution in [0.25, 0.3) is 0 Å². The van der Waals surface area contributed by atoms with E-state index in [1.807, 2.05) is 91.3 Å². The fraction of sp³-hybridized carbons (Fsp3) is 0.154. The molecule has 0 bridgehead atoms. The summed E-state index contributed by atoms with van der Waals surface area (Å²) in [5.74, 6) is 0.984. The van der Waals surface area contributed by atoms with Gasteiger partial charge in [-0.25, -0.2) is 4.98 Å². The first-order valence-electron chi connectivity index (χ1n) is 10.4. The molecular formula is C26H25N3OS. The minimum atomic E-state index is -0.298. The van der Waals surface area contributed by atoms with E-state index in [-0.39, 0.29) is 11.2 Å². The van der Waals surface area contributed by atoms with E-state index in [0.717, 1.165) is 22.8 Å². The molecule has 0 aliphatic rings. The largest absolute Gasteiger partial charge is 0.354 e. The van der Waals surface area contributed by atoms with Gasteiger partial charge in [0.05, 0.1) is 0 Å². The topological polar surface area (TPSA) is 46.9 Å². The number of thioether (sulfide) groups is 1. The van der Waals surface area contributed by atoms with E-state index in [4.69, 9.17) is 0 Å². The van der Waals surface area contributed by atoms with Gasteiger partial charge in [0, 0.05) is 36.8 Å². The van der Waals surface area contributed by atoms with E-state index in [0.29, 0.717) is 13.0 Å². The van der Waals surface area contributed by atoms with Gasteiger partial charge >= 0.3 is 0 Å². The summed E-state index contributed by atoms with van der Waals surface area (Å²) in [6, 6.07) is 30.3. The van der Waals surface area contributed by atoms with Gasteiger partial charge in [-0.2, -0.15) is 0 Å².